The molecule has 0 spiro atoms. The molecule has 1 aromatic heterocycles. The Kier molecular flexibility index (Phi) is 5.75. The minimum Gasteiger partial charge on any atom is -0.293 e. The fraction of sp³-hybridized carbons (Fsp3) is 0.318. The van der Waals surface area contributed by atoms with Crippen LogP contribution in [-0.4, -0.2) is 14.2 Å². The van der Waals surface area contributed by atoms with Crippen molar-refractivity contribution in [2.24, 2.45) is 11.1 Å². The highest BCUT2D eigenvalue weighted by molar-refractivity contribution is 7.89. The van der Waals surface area contributed by atoms with Gasteiger partial charge in [-0.15, -0.1) is 11.3 Å². The Balaban J connectivity index is 2.14. The van der Waals surface area contributed by atoms with E-state index in [1.54, 1.807) is 23.5 Å². The van der Waals surface area contributed by atoms with Crippen molar-refractivity contribution in [3.8, 4) is 11.1 Å². The average molecular weight is 416 g/mol. The molecule has 0 amide bonds. The molecule has 148 valence electrons. The van der Waals surface area contributed by atoms with Crippen molar-refractivity contribution in [3.05, 3.63) is 63.4 Å². The highest BCUT2D eigenvalue weighted by Crippen LogP contribution is 2.44. The number of sulfonamides is 1. The summed E-state index contributed by atoms with van der Waals surface area (Å²) in [5.41, 5.74) is 4.07. The van der Waals surface area contributed by atoms with Gasteiger partial charge in [0, 0.05) is 22.8 Å². The van der Waals surface area contributed by atoms with Gasteiger partial charge in [0.25, 0.3) is 0 Å². The number of primary sulfonamides is 1. The zero-order valence-corrected chi connectivity index (χ0v) is 18.2. The molecule has 2 aromatic rings. The van der Waals surface area contributed by atoms with Gasteiger partial charge in [-0.2, -0.15) is 0 Å². The number of ketones is 1. The summed E-state index contributed by atoms with van der Waals surface area (Å²) in [4.78, 5) is 14.7. The van der Waals surface area contributed by atoms with Crippen LogP contribution in [0.4, 0.5) is 0 Å². The number of hydrogen-bond donors (Lipinski definition) is 1. The molecule has 3 rings (SSSR count). The average Bonchev–Trinajstić information content (AvgIpc) is 2.97. The molecule has 0 fully saturated rings. The van der Waals surface area contributed by atoms with E-state index in [2.05, 4.69) is 32.1 Å². The predicted octanol–water partition coefficient (Wildman–Crippen LogP) is 5.20. The number of nitrogens with two attached hydrogens (primary N) is 1. The Bertz CT molecular complexity index is 1070. The SMILES string of the molecule is CCC(=O)c1sc(C2C=CC(C)=CC2C)c(C)c1-c1ccc(S(N)(=O)=O)cc1. The van der Waals surface area contributed by atoms with E-state index in [9.17, 15) is 13.2 Å². The summed E-state index contributed by atoms with van der Waals surface area (Å²) in [5.74, 6) is 0.683. The van der Waals surface area contributed by atoms with Crippen LogP contribution in [0.3, 0.4) is 0 Å². The van der Waals surface area contributed by atoms with Gasteiger partial charge < -0.3 is 0 Å². The summed E-state index contributed by atoms with van der Waals surface area (Å²) in [6.45, 7) is 8.20. The van der Waals surface area contributed by atoms with Gasteiger partial charge in [0.1, 0.15) is 0 Å². The third-order valence-corrected chi connectivity index (χ3v) is 7.55. The molecule has 0 aliphatic heterocycles. The van der Waals surface area contributed by atoms with E-state index in [1.165, 1.54) is 22.6 Å². The van der Waals surface area contributed by atoms with Crippen LogP contribution >= 0.6 is 11.3 Å². The summed E-state index contributed by atoms with van der Waals surface area (Å²) in [7, 11) is -3.75. The molecule has 0 saturated carbocycles. The van der Waals surface area contributed by atoms with Crippen LogP contribution in [0.2, 0.25) is 0 Å². The maximum absolute atomic E-state index is 12.7. The Labute approximate surface area is 170 Å². The molecular weight excluding hydrogens is 390 g/mol. The summed E-state index contributed by atoms with van der Waals surface area (Å²) in [6, 6.07) is 6.46. The molecular formula is C22H25NO3S2. The Morgan fingerprint density at radius 3 is 2.36 bits per heavy atom. The van der Waals surface area contributed by atoms with Gasteiger partial charge in [-0.1, -0.05) is 49.8 Å². The maximum atomic E-state index is 12.7. The number of hydrogen-bond acceptors (Lipinski definition) is 4. The first-order valence-corrected chi connectivity index (χ1v) is 11.7. The van der Waals surface area contributed by atoms with Crippen LogP contribution in [0.5, 0.6) is 0 Å². The number of rotatable bonds is 5. The normalized spacial score (nSPS) is 19.5. The van der Waals surface area contributed by atoms with Crippen LogP contribution in [0.25, 0.3) is 11.1 Å². The summed E-state index contributed by atoms with van der Waals surface area (Å²) < 4.78 is 23.1. The fourth-order valence-electron chi connectivity index (χ4n) is 3.70. The van der Waals surface area contributed by atoms with E-state index in [0.29, 0.717) is 12.3 Å². The van der Waals surface area contributed by atoms with Crippen LogP contribution in [0.1, 0.15) is 53.2 Å². The standard InChI is InChI=1S/C22H25NO3S2/c1-5-19(24)22-20(16-7-9-17(10-8-16)28(23,25)26)15(4)21(27-22)18-11-6-13(2)12-14(18)3/h6-12,14,18H,5H2,1-4H3,(H2,23,25,26). The van der Waals surface area contributed by atoms with Gasteiger partial charge in [-0.25, -0.2) is 13.6 Å². The minimum atomic E-state index is -3.75. The summed E-state index contributed by atoms with van der Waals surface area (Å²) in [6.07, 6.45) is 7.03. The van der Waals surface area contributed by atoms with Crippen molar-refractivity contribution >= 4 is 27.1 Å². The highest BCUT2D eigenvalue weighted by atomic mass is 32.2. The molecule has 2 atom stereocenters. The van der Waals surface area contributed by atoms with Crippen molar-refractivity contribution in [2.75, 3.05) is 0 Å². The van der Waals surface area contributed by atoms with Gasteiger partial charge in [-0.05, 0) is 43.0 Å². The molecule has 0 radical (unpaired) electrons. The molecule has 0 bridgehead atoms. The van der Waals surface area contributed by atoms with Crippen molar-refractivity contribution in [1.29, 1.82) is 0 Å². The number of benzene rings is 1. The molecule has 2 N–H and O–H groups in total. The van der Waals surface area contributed by atoms with Gasteiger partial charge >= 0.3 is 0 Å². The Hall–Kier alpha value is -2.02. The monoisotopic (exact) mass is 415 g/mol. The third-order valence-electron chi connectivity index (χ3n) is 5.19. The molecule has 1 aromatic carbocycles. The lowest BCUT2D eigenvalue weighted by Gasteiger charge is -2.22. The van der Waals surface area contributed by atoms with Crippen molar-refractivity contribution in [2.45, 2.75) is 44.9 Å². The van der Waals surface area contributed by atoms with E-state index < -0.39 is 10.0 Å². The smallest absolute Gasteiger partial charge is 0.238 e. The summed E-state index contributed by atoms with van der Waals surface area (Å²) >= 11 is 1.56. The zero-order valence-electron chi connectivity index (χ0n) is 16.5. The van der Waals surface area contributed by atoms with Crippen LogP contribution in [0, 0.1) is 12.8 Å². The Morgan fingerprint density at radius 1 is 1.18 bits per heavy atom. The minimum absolute atomic E-state index is 0.0668. The van der Waals surface area contributed by atoms with Gasteiger partial charge in [0.2, 0.25) is 10.0 Å². The molecule has 2 unspecified atom stereocenters. The third kappa shape index (κ3) is 3.90. The van der Waals surface area contributed by atoms with E-state index in [4.69, 9.17) is 5.14 Å². The van der Waals surface area contributed by atoms with Crippen molar-refractivity contribution in [1.82, 2.24) is 0 Å². The second-order valence-corrected chi connectivity index (χ2v) is 9.91. The van der Waals surface area contributed by atoms with Gasteiger partial charge in [0.15, 0.2) is 5.78 Å². The van der Waals surface area contributed by atoms with Crippen LogP contribution in [0.15, 0.2) is 53.0 Å². The van der Waals surface area contributed by atoms with Gasteiger partial charge in [-0.3, -0.25) is 4.79 Å². The molecule has 0 saturated heterocycles. The van der Waals surface area contributed by atoms with E-state index >= 15 is 0 Å². The topological polar surface area (TPSA) is 77.2 Å². The van der Waals surface area contributed by atoms with E-state index in [1.807, 2.05) is 13.8 Å². The lowest BCUT2D eigenvalue weighted by Crippen LogP contribution is -2.11. The van der Waals surface area contributed by atoms with Crippen LogP contribution < -0.4 is 5.14 Å². The second kappa shape index (κ2) is 7.78. The molecule has 1 heterocycles. The lowest BCUT2D eigenvalue weighted by atomic mass is 9.84. The largest absolute Gasteiger partial charge is 0.293 e. The van der Waals surface area contributed by atoms with E-state index in [-0.39, 0.29) is 16.6 Å². The molecule has 6 heteroatoms. The second-order valence-electron chi connectivity index (χ2n) is 7.30. The number of thiophene rings is 1. The predicted molar refractivity (Wildman–Crippen MR) is 115 cm³/mol. The van der Waals surface area contributed by atoms with Crippen molar-refractivity contribution in [3.63, 3.8) is 0 Å². The molecule has 1 aliphatic carbocycles. The number of Topliss-reactive ketones (excluding diaryl/α,β-unsaturated/α-hetero) is 1. The molecule has 4 nitrogen and oxygen atoms in total. The number of carbonyl (C=O) groups excluding carboxylic acids is 1. The number of allylic oxidation sites excluding steroid dienone is 4. The summed E-state index contributed by atoms with van der Waals surface area (Å²) in [5, 5.41) is 5.21. The molecule has 1 aliphatic rings. The van der Waals surface area contributed by atoms with Gasteiger partial charge in [0.05, 0.1) is 9.77 Å². The van der Waals surface area contributed by atoms with Crippen LogP contribution in [-0.2, 0) is 10.0 Å². The van der Waals surface area contributed by atoms with Crippen molar-refractivity contribution < 1.29 is 13.2 Å². The maximum Gasteiger partial charge on any atom is 0.238 e. The highest BCUT2D eigenvalue weighted by Gasteiger charge is 2.27. The Morgan fingerprint density at radius 2 is 1.82 bits per heavy atom. The number of carbonyl (C=O) groups is 1. The zero-order chi connectivity index (χ0) is 20.6. The lowest BCUT2D eigenvalue weighted by molar-refractivity contribution is 0.0992. The first kappa shape index (κ1) is 20.7. The fourth-order valence-corrected chi connectivity index (χ4v) is 5.75. The molecule has 28 heavy (non-hydrogen) atoms. The first-order chi connectivity index (χ1) is 13.1. The first-order valence-electron chi connectivity index (χ1n) is 9.29. The quantitative estimate of drug-likeness (QED) is 0.682. The van der Waals surface area contributed by atoms with E-state index in [0.717, 1.165) is 21.6 Å².